The lowest BCUT2D eigenvalue weighted by Crippen LogP contribution is -2.01. The van der Waals surface area contributed by atoms with Gasteiger partial charge < -0.3 is 9.52 Å². The van der Waals surface area contributed by atoms with Crippen LogP contribution in [0.3, 0.4) is 0 Å². The van der Waals surface area contributed by atoms with Gasteiger partial charge in [0, 0.05) is 10.9 Å². The van der Waals surface area contributed by atoms with Crippen LogP contribution in [0.1, 0.15) is 17.4 Å². The van der Waals surface area contributed by atoms with Crippen molar-refractivity contribution in [1.29, 1.82) is 0 Å². The maximum absolute atomic E-state index is 13.1. The second kappa shape index (κ2) is 5.86. The van der Waals surface area contributed by atoms with E-state index in [4.69, 9.17) is 4.42 Å². The van der Waals surface area contributed by atoms with Gasteiger partial charge in [-0.2, -0.15) is 0 Å². The van der Waals surface area contributed by atoms with E-state index in [1.54, 1.807) is 12.1 Å². The van der Waals surface area contributed by atoms with E-state index in [0.717, 1.165) is 8.95 Å². The van der Waals surface area contributed by atoms with Crippen LogP contribution in [0.25, 0.3) is 0 Å². The minimum atomic E-state index is -0.828. The quantitative estimate of drug-likeness (QED) is 0.727. The Hall–Kier alpha value is -0.170. The summed E-state index contributed by atoms with van der Waals surface area (Å²) >= 11 is 9.80. The smallest absolute Gasteiger partial charge is 0.183 e. The summed E-state index contributed by atoms with van der Waals surface area (Å²) < 4.78 is 20.5. The minimum absolute atomic E-state index is 0.269. The summed E-state index contributed by atoms with van der Waals surface area (Å²) in [6, 6.07) is 6.05. The monoisotopic (exact) mass is 440 g/mol. The average molecular weight is 443 g/mol. The molecule has 18 heavy (non-hydrogen) atoms. The SMILES string of the molecule is OC(Cc1cc(F)ccc1Br)c1cc(Br)c(Br)o1. The molecule has 1 atom stereocenters. The number of hydrogen-bond donors (Lipinski definition) is 1. The van der Waals surface area contributed by atoms with Crippen molar-refractivity contribution in [2.24, 2.45) is 0 Å². The van der Waals surface area contributed by atoms with Gasteiger partial charge in [-0.1, -0.05) is 15.9 Å². The van der Waals surface area contributed by atoms with Gasteiger partial charge >= 0.3 is 0 Å². The van der Waals surface area contributed by atoms with Crippen LogP contribution in [0.2, 0.25) is 0 Å². The predicted octanol–water partition coefficient (Wildman–Crippen LogP) is 4.98. The molecule has 0 saturated heterocycles. The van der Waals surface area contributed by atoms with Gasteiger partial charge in [-0.15, -0.1) is 0 Å². The molecule has 0 spiro atoms. The van der Waals surface area contributed by atoms with E-state index in [1.807, 2.05) is 0 Å². The molecule has 96 valence electrons. The fourth-order valence-corrected chi connectivity index (χ4v) is 2.55. The van der Waals surface area contributed by atoms with E-state index >= 15 is 0 Å². The number of halogens is 4. The van der Waals surface area contributed by atoms with Crippen LogP contribution in [0.5, 0.6) is 0 Å². The van der Waals surface area contributed by atoms with Crippen LogP contribution in [-0.2, 0) is 6.42 Å². The van der Waals surface area contributed by atoms with E-state index < -0.39 is 6.10 Å². The van der Waals surface area contributed by atoms with Crippen LogP contribution in [-0.4, -0.2) is 5.11 Å². The maximum Gasteiger partial charge on any atom is 0.183 e. The summed E-state index contributed by atoms with van der Waals surface area (Å²) in [5.41, 5.74) is 0.686. The lowest BCUT2D eigenvalue weighted by atomic mass is 10.1. The Morgan fingerprint density at radius 3 is 2.50 bits per heavy atom. The highest BCUT2D eigenvalue weighted by atomic mass is 79.9. The molecule has 0 fully saturated rings. The predicted molar refractivity (Wildman–Crippen MR) is 76.9 cm³/mol. The zero-order valence-corrected chi connectivity index (χ0v) is 13.7. The van der Waals surface area contributed by atoms with Crippen molar-refractivity contribution in [3.63, 3.8) is 0 Å². The van der Waals surface area contributed by atoms with Gasteiger partial charge in [0.1, 0.15) is 17.7 Å². The molecule has 0 amide bonds. The van der Waals surface area contributed by atoms with Gasteiger partial charge in [0.15, 0.2) is 4.67 Å². The van der Waals surface area contributed by atoms with E-state index in [2.05, 4.69) is 47.8 Å². The average Bonchev–Trinajstić information content (AvgIpc) is 2.64. The zero-order valence-electron chi connectivity index (χ0n) is 8.96. The Morgan fingerprint density at radius 2 is 1.89 bits per heavy atom. The van der Waals surface area contributed by atoms with Crippen molar-refractivity contribution in [1.82, 2.24) is 0 Å². The minimum Gasteiger partial charge on any atom is -0.450 e. The summed E-state index contributed by atoms with van der Waals surface area (Å²) in [6.45, 7) is 0. The Bertz CT molecular complexity index is 549. The number of furan rings is 1. The fraction of sp³-hybridized carbons (Fsp3) is 0.167. The summed E-state index contributed by atoms with van der Waals surface area (Å²) in [4.78, 5) is 0. The third kappa shape index (κ3) is 3.23. The first-order valence-corrected chi connectivity index (χ1v) is 7.42. The van der Waals surface area contributed by atoms with Gasteiger partial charge in [-0.05, 0) is 61.7 Å². The number of rotatable bonds is 3. The number of hydrogen-bond acceptors (Lipinski definition) is 2. The van der Waals surface area contributed by atoms with Crippen LogP contribution in [0, 0.1) is 5.82 Å². The Balaban J connectivity index is 2.20. The van der Waals surface area contributed by atoms with Crippen molar-refractivity contribution in [3.05, 3.63) is 55.0 Å². The summed E-state index contributed by atoms with van der Waals surface area (Å²) in [7, 11) is 0. The van der Waals surface area contributed by atoms with E-state index in [1.165, 1.54) is 12.1 Å². The molecule has 1 aromatic carbocycles. The molecule has 0 aliphatic rings. The molecule has 0 aliphatic carbocycles. The molecule has 2 aromatic rings. The first-order chi connectivity index (χ1) is 8.47. The summed E-state index contributed by atoms with van der Waals surface area (Å²) in [6.07, 6.45) is -0.559. The van der Waals surface area contributed by atoms with Crippen LogP contribution in [0.15, 0.2) is 42.3 Å². The molecule has 1 aromatic heterocycles. The molecular weight excluding hydrogens is 435 g/mol. The molecule has 0 aliphatic heterocycles. The Morgan fingerprint density at radius 1 is 1.17 bits per heavy atom. The van der Waals surface area contributed by atoms with Crippen LogP contribution < -0.4 is 0 Å². The molecule has 0 radical (unpaired) electrons. The normalized spacial score (nSPS) is 12.7. The van der Waals surface area contributed by atoms with Crippen molar-refractivity contribution in [3.8, 4) is 0 Å². The molecule has 0 bridgehead atoms. The van der Waals surface area contributed by atoms with Crippen molar-refractivity contribution in [2.75, 3.05) is 0 Å². The fourth-order valence-electron chi connectivity index (χ4n) is 1.54. The first-order valence-electron chi connectivity index (χ1n) is 5.04. The topological polar surface area (TPSA) is 33.4 Å². The second-order valence-corrected chi connectivity index (χ2v) is 6.15. The van der Waals surface area contributed by atoms with Gasteiger partial charge in [0.05, 0.1) is 4.47 Å². The third-order valence-corrected chi connectivity index (χ3v) is 4.90. The lowest BCUT2D eigenvalue weighted by Gasteiger charge is -2.09. The molecule has 6 heteroatoms. The highest BCUT2D eigenvalue weighted by Crippen LogP contribution is 2.32. The molecule has 1 heterocycles. The Kier molecular flexibility index (Phi) is 4.64. The molecule has 0 saturated carbocycles. The van der Waals surface area contributed by atoms with Gasteiger partial charge in [0.2, 0.25) is 0 Å². The van der Waals surface area contributed by atoms with Gasteiger partial charge in [-0.3, -0.25) is 0 Å². The summed E-state index contributed by atoms with van der Waals surface area (Å²) in [5, 5.41) is 10.0. The van der Waals surface area contributed by atoms with Crippen molar-refractivity contribution in [2.45, 2.75) is 12.5 Å². The van der Waals surface area contributed by atoms with Crippen molar-refractivity contribution >= 4 is 47.8 Å². The largest absolute Gasteiger partial charge is 0.450 e. The lowest BCUT2D eigenvalue weighted by molar-refractivity contribution is 0.148. The van der Waals surface area contributed by atoms with Gasteiger partial charge in [-0.25, -0.2) is 4.39 Å². The third-order valence-electron chi connectivity index (χ3n) is 2.41. The molecular formula is C12H8Br3FO2. The highest BCUT2D eigenvalue weighted by Gasteiger charge is 2.17. The number of aliphatic hydroxyl groups is 1. The highest BCUT2D eigenvalue weighted by molar-refractivity contribution is 9.13. The first kappa shape index (κ1) is 14.2. The van der Waals surface area contributed by atoms with E-state index in [-0.39, 0.29) is 12.2 Å². The molecule has 1 N–H and O–H groups in total. The van der Waals surface area contributed by atoms with Crippen LogP contribution in [0.4, 0.5) is 4.39 Å². The molecule has 2 nitrogen and oxygen atoms in total. The Labute approximate surface area is 129 Å². The van der Waals surface area contributed by atoms with E-state index in [9.17, 15) is 9.50 Å². The zero-order chi connectivity index (χ0) is 13.3. The molecule has 1 unspecified atom stereocenters. The number of aliphatic hydroxyl groups excluding tert-OH is 1. The van der Waals surface area contributed by atoms with Crippen LogP contribution >= 0.6 is 47.8 Å². The molecule has 2 rings (SSSR count). The van der Waals surface area contributed by atoms with Crippen molar-refractivity contribution < 1.29 is 13.9 Å². The second-order valence-electron chi connectivity index (χ2n) is 3.73. The van der Waals surface area contributed by atoms with E-state index in [0.29, 0.717) is 16.0 Å². The maximum atomic E-state index is 13.1. The van der Waals surface area contributed by atoms with Gasteiger partial charge in [0.25, 0.3) is 0 Å². The number of benzene rings is 1. The standard InChI is InChI=1S/C12H8Br3FO2/c13-8-2-1-7(16)3-6(8)4-10(17)11-5-9(14)12(15)18-11/h1-3,5,10,17H,4H2. The summed E-state index contributed by atoms with van der Waals surface area (Å²) in [5.74, 6) is 0.0899.